The largest absolute Gasteiger partial charge is 0.493 e. The van der Waals surface area contributed by atoms with Gasteiger partial charge in [-0.3, -0.25) is 9.89 Å². The van der Waals surface area contributed by atoms with E-state index >= 15 is 0 Å². The zero-order valence-corrected chi connectivity index (χ0v) is 21.4. The molecule has 0 atom stereocenters. The number of nitrogens with zero attached hydrogens (tertiary/aromatic N) is 3. The predicted octanol–water partition coefficient (Wildman–Crippen LogP) is 3.64. The van der Waals surface area contributed by atoms with E-state index in [-0.39, 0.29) is 24.0 Å². The molecule has 0 saturated heterocycles. The molecular formula is C23H39IN4O2. The fourth-order valence-corrected chi connectivity index (χ4v) is 3.69. The summed E-state index contributed by atoms with van der Waals surface area (Å²) in [7, 11) is 5.46. The lowest BCUT2D eigenvalue weighted by Gasteiger charge is -2.24. The Hall–Kier alpha value is -1.22. The number of ether oxygens (including phenoxy) is 2. The first-order valence-electron chi connectivity index (χ1n) is 11.1. The van der Waals surface area contributed by atoms with Crippen molar-refractivity contribution in [2.45, 2.75) is 45.1 Å². The number of halogens is 1. The number of hydrogen-bond donors (Lipinski definition) is 1. The van der Waals surface area contributed by atoms with Crippen LogP contribution >= 0.6 is 24.0 Å². The van der Waals surface area contributed by atoms with E-state index in [0.29, 0.717) is 0 Å². The van der Waals surface area contributed by atoms with Gasteiger partial charge in [0.05, 0.1) is 20.8 Å². The summed E-state index contributed by atoms with van der Waals surface area (Å²) in [6.45, 7) is 7.14. The SMILES string of the molecule is CCNC(=NCCN(CC1CC1)C1CC1)N(C)CCc1ccc(OC)c(OC)c1.I. The minimum atomic E-state index is 0. The summed E-state index contributed by atoms with van der Waals surface area (Å²) in [5.41, 5.74) is 1.23. The van der Waals surface area contributed by atoms with Gasteiger partial charge in [0, 0.05) is 39.3 Å². The van der Waals surface area contributed by atoms with Gasteiger partial charge in [-0.1, -0.05) is 6.07 Å². The molecule has 0 unspecified atom stereocenters. The van der Waals surface area contributed by atoms with E-state index in [4.69, 9.17) is 14.5 Å². The van der Waals surface area contributed by atoms with Crippen molar-refractivity contribution in [3.8, 4) is 11.5 Å². The van der Waals surface area contributed by atoms with Gasteiger partial charge in [-0.25, -0.2) is 0 Å². The molecule has 2 aliphatic rings. The van der Waals surface area contributed by atoms with E-state index in [9.17, 15) is 0 Å². The van der Waals surface area contributed by atoms with Gasteiger partial charge in [0.1, 0.15) is 0 Å². The third-order valence-electron chi connectivity index (χ3n) is 5.78. The Kier molecular flexibility index (Phi) is 10.5. The lowest BCUT2D eigenvalue weighted by Crippen LogP contribution is -2.40. The second-order valence-corrected chi connectivity index (χ2v) is 8.27. The average molecular weight is 530 g/mol. The maximum absolute atomic E-state index is 5.42. The molecule has 0 aromatic heterocycles. The molecule has 0 amide bonds. The maximum Gasteiger partial charge on any atom is 0.193 e. The van der Waals surface area contributed by atoms with Crippen LogP contribution < -0.4 is 14.8 Å². The fraction of sp³-hybridized carbons (Fsp3) is 0.696. The monoisotopic (exact) mass is 530 g/mol. The van der Waals surface area contributed by atoms with Crippen molar-refractivity contribution in [1.82, 2.24) is 15.1 Å². The Morgan fingerprint density at radius 2 is 1.83 bits per heavy atom. The van der Waals surface area contributed by atoms with Crippen LogP contribution in [0, 0.1) is 5.92 Å². The molecule has 1 N–H and O–H groups in total. The van der Waals surface area contributed by atoms with Crippen LogP contribution in [0.1, 0.15) is 38.2 Å². The zero-order chi connectivity index (χ0) is 20.6. The number of nitrogens with one attached hydrogen (secondary N) is 1. The number of guanidine groups is 1. The zero-order valence-electron chi connectivity index (χ0n) is 19.0. The van der Waals surface area contributed by atoms with Crippen molar-refractivity contribution in [2.24, 2.45) is 10.9 Å². The molecule has 170 valence electrons. The van der Waals surface area contributed by atoms with Crippen LogP contribution in [-0.4, -0.2) is 75.8 Å². The summed E-state index contributed by atoms with van der Waals surface area (Å²) in [6.07, 6.45) is 6.53. The highest BCUT2D eigenvalue weighted by molar-refractivity contribution is 14.0. The molecule has 6 nitrogen and oxygen atoms in total. The topological polar surface area (TPSA) is 49.3 Å². The molecule has 7 heteroatoms. The molecule has 2 fully saturated rings. The van der Waals surface area contributed by atoms with Crippen LogP contribution in [0.4, 0.5) is 0 Å². The first-order valence-corrected chi connectivity index (χ1v) is 11.1. The quantitative estimate of drug-likeness (QED) is 0.254. The highest BCUT2D eigenvalue weighted by Crippen LogP contribution is 2.34. The van der Waals surface area contributed by atoms with Crippen molar-refractivity contribution in [3.63, 3.8) is 0 Å². The number of likely N-dealkylation sites (N-methyl/N-ethyl adjacent to an activating group) is 1. The van der Waals surface area contributed by atoms with E-state index in [2.05, 4.69) is 41.2 Å². The number of aliphatic imine (C=N–C) groups is 1. The van der Waals surface area contributed by atoms with Crippen molar-refractivity contribution in [3.05, 3.63) is 23.8 Å². The van der Waals surface area contributed by atoms with Crippen LogP contribution in [0.3, 0.4) is 0 Å². The Morgan fingerprint density at radius 1 is 1.10 bits per heavy atom. The summed E-state index contributed by atoms with van der Waals surface area (Å²) in [5, 5.41) is 3.44. The third-order valence-corrected chi connectivity index (χ3v) is 5.78. The van der Waals surface area contributed by atoms with Gasteiger partial charge in [0.2, 0.25) is 0 Å². The second-order valence-electron chi connectivity index (χ2n) is 8.27. The lowest BCUT2D eigenvalue weighted by atomic mass is 10.1. The number of methoxy groups -OCH3 is 2. The van der Waals surface area contributed by atoms with Gasteiger partial charge < -0.3 is 19.7 Å². The molecule has 3 rings (SSSR count). The summed E-state index contributed by atoms with van der Waals surface area (Å²) in [6, 6.07) is 6.96. The van der Waals surface area contributed by atoms with E-state index in [1.807, 2.05) is 6.07 Å². The molecule has 0 bridgehead atoms. The lowest BCUT2D eigenvalue weighted by molar-refractivity contribution is 0.259. The molecule has 2 saturated carbocycles. The average Bonchev–Trinajstić information content (AvgIpc) is 3.64. The number of benzene rings is 1. The standard InChI is InChI=1S/C23H38N4O2.HI/c1-5-24-23(25-13-15-27(20-9-10-20)17-19-6-7-19)26(2)14-12-18-8-11-21(28-3)22(16-18)29-4;/h8,11,16,19-20H,5-7,9-10,12-15,17H2,1-4H3,(H,24,25);1H. The van der Waals surface area contributed by atoms with Gasteiger partial charge in [-0.15, -0.1) is 24.0 Å². The Labute approximate surface area is 199 Å². The molecule has 30 heavy (non-hydrogen) atoms. The second kappa shape index (κ2) is 12.6. The van der Waals surface area contributed by atoms with Gasteiger partial charge in [-0.2, -0.15) is 0 Å². The molecule has 2 aliphatic carbocycles. The van der Waals surface area contributed by atoms with Gasteiger partial charge >= 0.3 is 0 Å². The first-order chi connectivity index (χ1) is 14.1. The Morgan fingerprint density at radius 3 is 2.43 bits per heavy atom. The van der Waals surface area contributed by atoms with Crippen molar-refractivity contribution in [2.75, 3.05) is 54.0 Å². The van der Waals surface area contributed by atoms with Gasteiger partial charge in [-0.05, 0) is 62.6 Å². The van der Waals surface area contributed by atoms with Crippen LogP contribution in [0.5, 0.6) is 11.5 Å². The van der Waals surface area contributed by atoms with Gasteiger partial charge in [0.15, 0.2) is 17.5 Å². The van der Waals surface area contributed by atoms with Crippen molar-refractivity contribution >= 4 is 29.9 Å². The molecule has 0 radical (unpaired) electrons. The van der Waals surface area contributed by atoms with Crippen LogP contribution in [0.15, 0.2) is 23.2 Å². The molecule has 1 aromatic carbocycles. The number of rotatable bonds is 12. The smallest absolute Gasteiger partial charge is 0.193 e. The van der Waals surface area contributed by atoms with E-state index < -0.39 is 0 Å². The fourth-order valence-electron chi connectivity index (χ4n) is 3.69. The maximum atomic E-state index is 5.42. The highest BCUT2D eigenvalue weighted by Gasteiger charge is 2.33. The van der Waals surface area contributed by atoms with Gasteiger partial charge in [0.25, 0.3) is 0 Å². The van der Waals surface area contributed by atoms with E-state index in [1.165, 1.54) is 37.8 Å². The first kappa shape index (κ1) is 25.0. The molecule has 0 heterocycles. The highest BCUT2D eigenvalue weighted by atomic mass is 127. The normalized spacial score (nSPS) is 16.2. The van der Waals surface area contributed by atoms with E-state index in [0.717, 1.165) is 62.0 Å². The van der Waals surface area contributed by atoms with Crippen molar-refractivity contribution in [1.29, 1.82) is 0 Å². The molecule has 1 aromatic rings. The summed E-state index contributed by atoms with van der Waals surface area (Å²) < 4.78 is 10.8. The molecular weight excluding hydrogens is 491 g/mol. The molecule has 0 aliphatic heterocycles. The third kappa shape index (κ3) is 7.80. The van der Waals surface area contributed by atoms with Crippen LogP contribution in [0.2, 0.25) is 0 Å². The summed E-state index contributed by atoms with van der Waals surface area (Å²) in [4.78, 5) is 9.81. The summed E-state index contributed by atoms with van der Waals surface area (Å²) in [5.74, 6) is 3.50. The molecule has 0 spiro atoms. The van der Waals surface area contributed by atoms with Crippen molar-refractivity contribution < 1.29 is 9.47 Å². The van der Waals surface area contributed by atoms with E-state index in [1.54, 1.807) is 14.2 Å². The van der Waals surface area contributed by atoms with Crippen LogP contribution in [-0.2, 0) is 6.42 Å². The number of hydrogen-bond acceptors (Lipinski definition) is 4. The Balaban J connectivity index is 0.00000320. The summed E-state index contributed by atoms with van der Waals surface area (Å²) >= 11 is 0. The predicted molar refractivity (Wildman–Crippen MR) is 135 cm³/mol. The minimum Gasteiger partial charge on any atom is -0.493 e. The minimum absolute atomic E-state index is 0. The van der Waals surface area contributed by atoms with Crippen LogP contribution in [0.25, 0.3) is 0 Å². The Bertz CT molecular complexity index is 677.